The lowest BCUT2D eigenvalue weighted by molar-refractivity contribution is 0.0925. The van der Waals surface area contributed by atoms with Crippen molar-refractivity contribution in [2.24, 2.45) is 5.92 Å². The highest BCUT2D eigenvalue weighted by Gasteiger charge is 2.21. The predicted octanol–water partition coefficient (Wildman–Crippen LogP) is 2.13. The Bertz CT molecular complexity index is 718. The van der Waals surface area contributed by atoms with Gasteiger partial charge in [0.15, 0.2) is 0 Å². The van der Waals surface area contributed by atoms with Crippen molar-refractivity contribution in [2.45, 2.75) is 26.3 Å². The second-order valence-corrected chi connectivity index (χ2v) is 6.67. The van der Waals surface area contributed by atoms with Gasteiger partial charge in [-0.25, -0.2) is 4.98 Å². The monoisotopic (exact) mass is 340 g/mol. The normalized spacial score (nSPS) is 18.0. The van der Waals surface area contributed by atoms with Crippen LogP contribution < -0.4 is 5.32 Å². The summed E-state index contributed by atoms with van der Waals surface area (Å²) in [6.07, 6.45) is 5.34. The van der Waals surface area contributed by atoms with E-state index < -0.39 is 0 Å². The van der Waals surface area contributed by atoms with E-state index in [1.165, 1.54) is 6.20 Å². The van der Waals surface area contributed by atoms with Crippen molar-refractivity contribution < 1.29 is 9.90 Å². The van der Waals surface area contributed by atoms with Crippen molar-refractivity contribution in [1.82, 2.24) is 20.2 Å². The summed E-state index contributed by atoms with van der Waals surface area (Å²) in [7, 11) is 0. The van der Waals surface area contributed by atoms with Crippen LogP contribution in [-0.4, -0.2) is 45.5 Å². The molecule has 1 aromatic heterocycles. The number of aromatic hydroxyl groups is 1. The molecule has 2 N–H and O–H groups in total. The van der Waals surface area contributed by atoms with E-state index in [0.29, 0.717) is 23.9 Å². The van der Waals surface area contributed by atoms with Crippen LogP contribution in [0.5, 0.6) is 5.75 Å². The average Bonchev–Trinajstić information content (AvgIpc) is 2.61. The number of piperidine rings is 1. The highest BCUT2D eigenvalue weighted by Crippen LogP contribution is 2.19. The number of aryl methyl sites for hydroxylation is 1. The molecule has 132 valence electrons. The second kappa shape index (κ2) is 8.07. The van der Waals surface area contributed by atoms with Crippen molar-refractivity contribution in [2.75, 3.05) is 19.6 Å². The maximum absolute atomic E-state index is 12.2. The molecule has 0 aliphatic carbocycles. The topological polar surface area (TPSA) is 78.4 Å². The fourth-order valence-electron chi connectivity index (χ4n) is 3.21. The Morgan fingerprint density at radius 2 is 2.24 bits per heavy atom. The number of phenols is 1. The Morgan fingerprint density at radius 3 is 3.00 bits per heavy atom. The van der Waals surface area contributed by atoms with E-state index in [9.17, 15) is 9.90 Å². The van der Waals surface area contributed by atoms with Gasteiger partial charge in [-0.2, -0.15) is 0 Å². The molecule has 6 nitrogen and oxygen atoms in total. The molecule has 6 heteroatoms. The summed E-state index contributed by atoms with van der Waals surface area (Å²) in [6.45, 7) is 5.30. The standard InChI is InChI=1S/C19H24N4O2/c1-14-9-21-18(11-20-14)19(25)22-10-16-5-3-7-23(13-16)12-15-4-2-6-17(24)8-15/h2,4,6,8-9,11,16,24H,3,5,7,10,12-13H2,1H3,(H,22,25)/t16-/m0/s1. The molecule has 1 amide bonds. The van der Waals surface area contributed by atoms with Gasteiger partial charge in [0.1, 0.15) is 11.4 Å². The zero-order valence-corrected chi connectivity index (χ0v) is 14.5. The Morgan fingerprint density at radius 1 is 1.36 bits per heavy atom. The van der Waals surface area contributed by atoms with Crippen LogP contribution in [0.3, 0.4) is 0 Å². The minimum atomic E-state index is -0.169. The number of rotatable bonds is 5. The van der Waals surface area contributed by atoms with E-state index >= 15 is 0 Å². The lowest BCUT2D eigenvalue weighted by atomic mass is 9.97. The predicted molar refractivity (Wildman–Crippen MR) is 95.2 cm³/mol. The van der Waals surface area contributed by atoms with Crippen molar-refractivity contribution in [1.29, 1.82) is 0 Å². The van der Waals surface area contributed by atoms with Gasteiger partial charge >= 0.3 is 0 Å². The summed E-state index contributed by atoms with van der Waals surface area (Å²) >= 11 is 0. The zero-order valence-electron chi connectivity index (χ0n) is 14.5. The van der Waals surface area contributed by atoms with Gasteiger partial charge in [-0.3, -0.25) is 14.7 Å². The summed E-state index contributed by atoms with van der Waals surface area (Å²) in [5.74, 6) is 0.559. The molecule has 1 saturated heterocycles. The molecule has 2 heterocycles. The van der Waals surface area contributed by atoms with Crippen molar-refractivity contribution in [3.05, 3.63) is 53.6 Å². The van der Waals surface area contributed by atoms with Crippen molar-refractivity contribution in [3.8, 4) is 5.75 Å². The molecule has 0 spiro atoms. The first kappa shape index (κ1) is 17.4. The highest BCUT2D eigenvalue weighted by molar-refractivity contribution is 5.91. The number of aromatic nitrogens is 2. The molecule has 3 rings (SSSR count). The second-order valence-electron chi connectivity index (χ2n) is 6.67. The van der Waals surface area contributed by atoms with Gasteiger partial charge < -0.3 is 10.4 Å². The van der Waals surface area contributed by atoms with Gasteiger partial charge in [0, 0.05) is 25.8 Å². The fraction of sp³-hybridized carbons (Fsp3) is 0.421. The zero-order chi connectivity index (χ0) is 17.6. The third-order valence-corrected chi connectivity index (χ3v) is 4.48. The minimum Gasteiger partial charge on any atom is -0.508 e. The number of likely N-dealkylation sites (tertiary alicyclic amines) is 1. The maximum Gasteiger partial charge on any atom is 0.271 e. The third kappa shape index (κ3) is 5.00. The molecule has 1 aliphatic heterocycles. The molecule has 0 saturated carbocycles. The van der Waals surface area contributed by atoms with E-state index in [1.807, 2.05) is 19.1 Å². The van der Waals surface area contributed by atoms with Crippen LogP contribution in [0.4, 0.5) is 0 Å². The summed E-state index contributed by atoms with van der Waals surface area (Å²) in [4.78, 5) is 22.8. The van der Waals surface area contributed by atoms with Crippen LogP contribution >= 0.6 is 0 Å². The van der Waals surface area contributed by atoms with Crippen LogP contribution in [-0.2, 0) is 6.54 Å². The number of nitrogens with one attached hydrogen (secondary N) is 1. The average molecular weight is 340 g/mol. The van der Waals surface area contributed by atoms with E-state index in [-0.39, 0.29) is 5.91 Å². The minimum absolute atomic E-state index is 0.169. The lowest BCUT2D eigenvalue weighted by Crippen LogP contribution is -2.40. The van der Waals surface area contributed by atoms with E-state index in [0.717, 1.165) is 43.7 Å². The molecule has 0 unspecified atom stereocenters. The Labute approximate surface area is 147 Å². The maximum atomic E-state index is 12.2. The van der Waals surface area contributed by atoms with Crippen molar-refractivity contribution in [3.63, 3.8) is 0 Å². The Hall–Kier alpha value is -2.47. The van der Waals surface area contributed by atoms with Gasteiger partial charge in [-0.1, -0.05) is 12.1 Å². The molecule has 0 radical (unpaired) electrons. The molecule has 1 aromatic carbocycles. The van der Waals surface area contributed by atoms with Gasteiger partial charge in [-0.05, 0) is 49.9 Å². The number of hydrogen-bond donors (Lipinski definition) is 2. The number of amides is 1. The van der Waals surface area contributed by atoms with Gasteiger partial charge in [0.25, 0.3) is 5.91 Å². The SMILES string of the molecule is Cc1cnc(C(=O)NC[C@@H]2CCCN(Cc3cccc(O)c3)C2)cn1. The number of carbonyl (C=O) groups excluding carboxylic acids is 1. The van der Waals surface area contributed by atoms with E-state index in [4.69, 9.17) is 0 Å². The molecule has 25 heavy (non-hydrogen) atoms. The first-order valence-electron chi connectivity index (χ1n) is 8.67. The molecule has 1 fully saturated rings. The number of hydrogen-bond acceptors (Lipinski definition) is 5. The molecule has 1 aliphatic rings. The number of carbonyl (C=O) groups is 1. The van der Waals surface area contributed by atoms with Crippen molar-refractivity contribution >= 4 is 5.91 Å². The Kier molecular flexibility index (Phi) is 5.60. The summed E-state index contributed by atoms with van der Waals surface area (Å²) in [6, 6.07) is 7.39. The largest absolute Gasteiger partial charge is 0.508 e. The molecule has 1 atom stereocenters. The van der Waals surface area contributed by atoms with E-state index in [2.05, 4.69) is 20.2 Å². The molecular formula is C19H24N4O2. The summed E-state index contributed by atoms with van der Waals surface area (Å²) < 4.78 is 0. The first-order chi connectivity index (χ1) is 12.1. The summed E-state index contributed by atoms with van der Waals surface area (Å²) in [5.41, 5.74) is 2.27. The molecule has 2 aromatic rings. The molecule has 0 bridgehead atoms. The quantitative estimate of drug-likeness (QED) is 0.872. The van der Waals surface area contributed by atoms with E-state index in [1.54, 1.807) is 18.3 Å². The van der Waals surface area contributed by atoms with Gasteiger partial charge in [0.2, 0.25) is 0 Å². The van der Waals surface area contributed by atoms with Crippen LogP contribution in [0.2, 0.25) is 0 Å². The van der Waals surface area contributed by atoms with Crippen LogP contribution in [0.1, 0.15) is 34.6 Å². The highest BCUT2D eigenvalue weighted by atomic mass is 16.3. The number of phenolic OH excluding ortho intramolecular Hbond substituents is 1. The smallest absolute Gasteiger partial charge is 0.271 e. The van der Waals surface area contributed by atoms with Gasteiger partial charge in [-0.15, -0.1) is 0 Å². The third-order valence-electron chi connectivity index (χ3n) is 4.48. The van der Waals surface area contributed by atoms with Crippen LogP contribution in [0.25, 0.3) is 0 Å². The van der Waals surface area contributed by atoms with Gasteiger partial charge in [0.05, 0.1) is 11.9 Å². The summed E-state index contributed by atoms with van der Waals surface area (Å²) in [5, 5.41) is 12.6. The molecular weight excluding hydrogens is 316 g/mol. The fourth-order valence-corrected chi connectivity index (χ4v) is 3.21. The number of benzene rings is 1. The van der Waals surface area contributed by atoms with Crippen LogP contribution in [0, 0.1) is 12.8 Å². The first-order valence-corrected chi connectivity index (χ1v) is 8.67. The van der Waals surface area contributed by atoms with Crippen LogP contribution in [0.15, 0.2) is 36.7 Å². The lowest BCUT2D eigenvalue weighted by Gasteiger charge is -2.32. The number of nitrogens with zero attached hydrogens (tertiary/aromatic N) is 3. The Balaban J connectivity index is 1.49.